The average Bonchev–Trinajstić information content (AvgIpc) is 3.18. The van der Waals surface area contributed by atoms with Crippen molar-refractivity contribution in [3.8, 4) is 0 Å². The Labute approximate surface area is 143 Å². The van der Waals surface area contributed by atoms with Crippen molar-refractivity contribution in [1.29, 1.82) is 0 Å². The second-order valence-corrected chi connectivity index (χ2v) is 5.70. The minimum atomic E-state index is -0.480. The molecule has 132 valence electrons. The maximum absolute atomic E-state index is 11.0. The van der Waals surface area contributed by atoms with Gasteiger partial charge in [0.1, 0.15) is 31.0 Å². The molecule has 25 heavy (non-hydrogen) atoms. The maximum atomic E-state index is 11.0. The first kappa shape index (κ1) is 16.8. The summed E-state index contributed by atoms with van der Waals surface area (Å²) in [7, 11) is 0. The summed E-state index contributed by atoms with van der Waals surface area (Å²) in [6.07, 6.45) is 7.90. The molecule has 0 amide bonds. The van der Waals surface area contributed by atoms with Gasteiger partial charge in [0.15, 0.2) is 0 Å². The normalized spacial score (nSPS) is 11.1. The van der Waals surface area contributed by atoms with Crippen LogP contribution in [0.15, 0.2) is 31.0 Å². The first-order chi connectivity index (χ1) is 12.1. The van der Waals surface area contributed by atoms with E-state index in [0.29, 0.717) is 24.6 Å². The van der Waals surface area contributed by atoms with E-state index < -0.39 is 4.92 Å². The van der Waals surface area contributed by atoms with E-state index >= 15 is 0 Å². The molecule has 10 nitrogen and oxygen atoms in total. The van der Waals surface area contributed by atoms with E-state index in [4.69, 9.17) is 5.11 Å². The van der Waals surface area contributed by atoms with Gasteiger partial charge >= 0.3 is 5.69 Å². The summed E-state index contributed by atoms with van der Waals surface area (Å²) >= 11 is 0. The summed E-state index contributed by atoms with van der Waals surface area (Å²) in [6.45, 7) is 3.99. The van der Waals surface area contributed by atoms with Crippen molar-refractivity contribution >= 4 is 17.2 Å². The zero-order chi connectivity index (χ0) is 17.8. The molecule has 3 heterocycles. The molecular formula is C15H20N7O3+. The lowest BCUT2D eigenvalue weighted by Crippen LogP contribution is -2.32. The molecule has 0 saturated carbocycles. The highest BCUT2D eigenvalue weighted by Crippen LogP contribution is 2.21. The van der Waals surface area contributed by atoms with Crippen molar-refractivity contribution < 1.29 is 14.6 Å². The van der Waals surface area contributed by atoms with Gasteiger partial charge in [-0.15, -0.1) is 0 Å². The van der Waals surface area contributed by atoms with Crippen LogP contribution in [0.25, 0.3) is 5.65 Å². The molecule has 0 saturated heterocycles. The Morgan fingerprint density at radius 2 is 2.32 bits per heavy atom. The van der Waals surface area contributed by atoms with Crippen LogP contribution in [0.2, 0.25) is 0 Å². The summed E-state index contributed by atoms with van der Waals surface area (Å²) in [4.78, 5) is 14.8. The molecule has 0 unspecified atom stereocenters. The van der Waals surface area contributed by atoms with Gasteiger partial charge in [0.2, 0.25) is 12.0 Å². The van der Waals surface area contributed by atoms with Gasteiger partial charge in [-0.05, 0) is 6.92 Å². The molecule has 0 aromatic carbocycles. The number of imidazole rings is 1. The molecule has 10 heteroatoms. The topological polar surface area (TPSA) is 114 Å². The van der Waals surface area contributed by atoms with Crippen LogP contribution in [0.3, 0.4) is 0 Å². The number of aliphatic hydroxyl groups excluding tert-OH is 1. The highest BCUT2D eigenvalue weighted by Gasteiger charge is 2.18. The Kier molecular flexibility index (Phi) is 4.89. The van der Waals surface area contributed by atoms with E-state index in [2.05, 4.69) is 15.4 Å². The molecule has 0 radical (unpaired) electrons. The Balaban J connectivity index is 1.63. The Morgan fingerprint density at radius 1 is 1.48 bits per heavy atom. The molecule has 3 rings (SSSR count). The lowest BCUT2D eigenvalue weighted by atomic mass is 10.3. The third-order valence-corrected chi connectivity index (χ3v) is 3.78. The van der Waals surface area contributed by atoms with Gasteiger partial charge in [0, 0.05) is 24.7 Å². The van der Waals surface area contributed by atoms with Crippen LogP contribution in [0, 0.1) is 17.0 Å². The third kappa shape index (κ3) is 3.74. The molecule has 0 bridgehead atoms. The number of hydrogen-bond acceptors (Lipinski definition) is 6. The summed E-state index contributed by atoms with van der Waals surface area (Å²) in [5.74, 6) is 0.679. The number of hydrogen-bond donors (Lipinski definition) is 2. The van der Waals surface area contributed by atoms with Crippen LogP contribution in [-0.2, 0) is 13.1 Å². The number of nitrogens with zero attached hydrogens (tertiary/aromatic N) is 6. The average molecular weight is 346 g/mol. The Hall–Kier alpha value is -3.01. The second-order valence-electron chi connectivity index (χ2n) is 5.70. The molecule has 3 aromatic heterocycles. The number of aromatic nitrogens is 5. The molecule has 0 atom stereocenters. The van der Waals surface area contributed by atoms with Crippen LogP contribution in [0.1, 0.15) is 12.1 Å². The Bertz CT molecular complexity index is 887. The summed E-state index contributed by atoms with van der Waals surface area (Å²) in [5, 5.41) is 27.3. The molecule has 2 N–H and O–H groups in total. The number of aliphatic hydroxyl groups is 1. The molecule has 0 fully saturated rings. The fourth-order valence-corrected chi connectivity index (χ4v) is 2.62. The van der Waals surface area contributed by atoms with Gasteiger partial charge in [-0.3, -0.25) is 10.1 Å². The minimum Gasteiger partial charge on any atom is -0.392 e. The predicted octanol–water partition coefficient (Wildman–Crippen LogP) is 0.529. The fraction of sp³-hybridized carbons (Fsp3) is 0.400. The van der Waals surface area contributed by atoms with E-state index in [1.165, 1.54) is 10.7 Å². The summed E-state index contributed by atoms with van der Waals surface area (Å²) in [6, 6.07) is 1.81. The first-order valence-corrected chi connectivity index (χ1v) is 7.98. The number of fused-ring (bicyclic) bond motifs is 1. The molecular weight excluding hydrogens is 326 g/mol. The minimum absolute atomic E-state index is 0.104. The van der Waals surface area contributed by atoms with E-state index in [1.807, 2.05) is 33.9 Å². The van der Waals surface area contributed by atoms with Crippen LogP contribution >= 0.6 is 0 Å². The van der Waals surface area contributed by atoms with Gasteiger partial charge in [-0.1, -0.05) is 0 Å². The molecule has 0 aliphatic rings. The van der Waals surface area contributed by atoms with Gasteiger partial charge in [-0.25, -0.2) is 14.1 Å². The second kappa shape index (κ2) is 7.26. The third-order valence-electron chi connectivity index (χ3n) is 3.78. The van der Waals surface area contributed by atoms with E-state index in [-0.39, 0.29) is 17.9 Å². The number of aryl methyl sites for hydroxylation is 2. The van der Waals surface area contributed by atoms with Crippen molar-refractivity contribution in [3.05, 3.63) is 46.8 Å². The van der Waals surface area contributed by atoms with Gasteiger partial charge in [0.05, 0.1) is 18.1 Å². The highest BCUT2D eigenvalue weighted by atomic mass is 16.6. The number of rotatable bonds is 8. The smallest absolute Gasteiger partial charge is 0.333 e. The number of nitro groups is 1. The lowest BCUT2D eigenvalue weighted by Gasteiger charge is -2.08. The predicted molar refractivity (Wildman–Crippen MR) is 89.2 cm³/mol. The van der Waals surface area contributed by atoms with Crippen LogP contribution in [0.5, 0.6) is 0 Å². The molecule has 0 aliphatic heterocycles. The zero-order valence-electron chi connectivity index (χ0n) is 13.9. The lowest BCUT2D eigenvalue weighted by molar-refractivity contribution is -0.697. The monoisotopic (exact) mass is 346 g/mol. The van der Waals surface area contributed by atoms with Gasteiger partial charge in [0.25, 0.3) is 0 Å². The van der Waals surface area contributed by atoms with Gasteiger partial charge < -0.3 is 10.4 Å². The summed E-state index contributed by atoms with van der Waals surface area (Å²) < 4.78 is 5.42. The van der Waals surface area contributed by atoms with Crippen LogP contribution < -0.4 is 9.88 Å². The largest absolute Gasteiger partial charge is 0.392 e. The van der Waals surface area contributed by atoms with Crippen molar-refractivity contribution in [3.63, 3.8) is 0 Å². The van der Waals surface area contributed by atoms with E-state index in [9.17, 15) is 10.1 Å². The van der Waals surface area contributed by atoms with E-state index in [0.717, 1.165) is 13.0 Å². The summed E-state index contributed by atoms with van der Waals surface area (Å²) in [5.41, 5.74) is 0.824. The number of nitrogens with one attached hydrogen (secondary N) is 1. The van der Waals surface area contributed by atoms with E-state index in [1.54, 1.807) is 6.92 Å². The van der Waals surface area contributed by atoms with Crippen molar-refractivity contribution in [2.24, 2.45) is 0 Å². The first-order valence-electron chi connectivity index (χ1n) is 7.98. The van der Waals surface area contributed by atoms with Gasteiger partial charge in [-0.2, -0.15) is 9.61 Å². The molecule has 0 aliphatic carbocycles. The van der Waals surface area contributed by atoms with Crippen molar-refractivity contribution in [2.45, 2.75) is 26.4 Å². The zero-order valence-corrected chi connectivity index (χ0v) is 13.9. The quantitative estimate of drug-likeness (QED) is 0.266. The molecule has 0 spiro atoms. The Morgan fingerprint density at radius 3 is 3.08 bits per heavy atom. The van der Waals surface area contributed by atoms with Crippen molar-refractivity contribution in [1.82, 2.24) is 19.2 Å². The molecule has 3 aromatic rings. The van der Waals surface area contributed by atoms with Crippen LogP contribution in [-0.4, -0.2) is 42.3 Å². The fourth-order valence-electron chi connectivity index (χ4n) is 2.62. The highest BCUT2D eigenvalue weighted by molar-refractivity contribution is 5.62. The SMILES string of the molecule is Cc1cc(NCCCn2cc[n+](CCO)c2)n2ncc([N+](=O)[O-])c2n1. The number of anilines is 1. The van der Waals surface area contributed by atoms with Crippen LogP contribution in [0.4, 0.5) is 11.5 Å². The standard InChI is InChI=1S/C15H20N7O3/c1-12-9-14(21-15(18-12)13(10-17-21)22(24)25)16-3-2-4-19-5-6-20(11-19)7-8-23/h5-6,9-11,16,23H,2-4,7-8H2,1H3/q+1. The maximum Gasteiger partial charge on any atom is 0.333 e. The van der Waals surface area contributed by atoms with Crippen molar-refractivity contribution in [2.75, 3.05) is 18.5 Å².